The summed E-state index contributed by atoms with van der Waals surface area (Å²) in [5.74, 6) is 0.687. The van der Waals surface area contributed by atoms with Crippen molar-refractivity contribution in [2.24, 2.45) is 0 Å². The molecule has 0 N–H and O–H groups in total. The van der Waals surface area contributed by atoms with Gasteiger partial charge in [0, 0.05) is 0 Å². The second-order valence-electron chi connectivity index (χ2n) is 4.88. The van der Waals surface area contributed by atoms with Gasteiger partial charge in [0.1, 0.15) is 5.75 Å². The Kier molecular flexibility index (Phi) is 5.33. The smallest absolute Gasteiger partial charge is 0.153 e. The van der Waals surface area contributed by atoms with Crippen LogP contribution in [0.25, 0.3) is 11.1 Å². The quantitative estimate of drug-likeness (QED) is 0.543. The van der Waals surface area contributed by atoms with Crippen LogP contribution in [0.1, 0.15) is 29.3 Å². The van der Waals surface area contributed by atoms with Gasteiger partial charge in [0.25, 0.3) is 0 Å². The Morgan fingerprint density at radius 1 is 1.14 bits per heavy atom. The van der Waals surface area contributed by atoms with Crippen molar-refractivity contribution in [3.63, 3.8) is 0 Å². The van der Waals surface area contributed by atoms with Crippen LogP contribution in [0.2, 0.25) is 0 Å². The first-order valence-electron chi connectivity index (χ1n) is 7.21. The highest BCUT2D eigenvalue weighted by atomic mass is 16.5. The zero-order valence-electron chi connectivity index (χ0n) is 12.3. The van der Waals surface area contributed by atoms with Crippen molar-refractivity contribution in [2.45, 2.75) is 19.8 Å². The van der Waals surface area contributed by atoms with Gasteiger partial charge in [0.15, 0.2) is 6.29 Å². The number of aldehydes is 1. The summed E-state index contributed by atoms with van der Waals surface area (Å²) in [6.45, 7) is 6.45. The highest BCUT2D eigenvalue weighted by Crippen LogP contribution is 2.31. The molecule has 0 radical (unpaired) electrons. The largest absolute Gasteiger partial charge is 0.493 e. The molecular weight excluding hydrogens is 260 g/mol. The lowest BCUT2D eigenvalue weighted by atomic mass is 9.97. The average molecular weight is 280 g/mol. The molecule has 0 unspecified atom stereocenters. The van der Waals surface area contributed by atoms with E-state index in [1.165, 1.54) is 0 Å². The van der Waals surface area contributed by atoms with E-state index in [0.29, 0.717) is 24.3 Å². The minimum Gasteiger partial charge on any atom is -0.493 e. The molecule has 0 amide bonds. The summed E-state index contributed by atoms with van der Waals surface area (Å²) in [7, 11) is 0. The monoisotopic (exact) mass is 280 g/mol. The van der Waals surface area contributed by atoms with Gasteiger partial charge in [0.05, 0.1) is 12.2 Å². The molecular formula is C19H20O2. The summed E-state index contributed by atoms with van der Waals surface area (Å²) < 4.78 is 5.77. The molecule has 2 nitrogen and oxygen atoms in total. The maximum atomic E-state index is 11.4. The lowest BCUT2D eigenvalue weighted by Crippen LogP contribution is -2.03. The van der Waals surface area contributed by atoms with Crippen LogP contribution in [-0.4, -0.2) is 12.9 Å². The standard InChI is InChI=1S/C19H20O2/c1-3-8-16-12-17(15-9-6-5-7-10-15)13-18(14-20)19(16)21-11-4-2/h3,5-7,9-10,12-14H,1,4,8,11H2,2H3. The first-order valence-corrected chi connectivity index (χ1v) is 7.21. The summed E-state index contributed by atoms with van der Waals surface area (Å²) in [4.78, 5) is 11.4. The van der Waals surface area contributed by atoms with Crippen LogP contribution in [0.5, 0.6) is 5.75 Å². The first kappa shape index (κ1) is 15.0. The van der Waals surface area contributed by atoms with Crippen LogP contribution in [0, 0.1) is 0 Å². The fourth-order valence-corrected chi connectivity index (χ4v) is 2.29. The maximum Gasteiger partial charge on any atom is 0.153 e. The third kappa shape index (κ3) is 3.60. The van der Waals surface area contributed by atoms with Crippen LogP contribution in [0.15, 0.2) is 55.1 Å². The number of benzene rings is 2. The van der Waals surface area contributed by atoms with Crippen LogP contribution in [0.3, 0.4) is 0 Å². The van der Waals surface area contributed by atoms with Crippen LogP contribution < -0.4 is 4.74 Å². The predicted molar refractivity (Wildman–Crippen MR) is 87.0 cm³/mol. The van der Waals surface area contributed by atoms with Gasteiger partial charge >= 0.3 is 0 Å². The first-order chi connectivity index (χ1) is 10.3. The third-order valence-corrected chi connectivity index (χ3v) is 3.24. The SMILES string of the molecule is C=CCc1cc(-c2ccccc2)cc(C=O)c1OCCC. The summed E-state index contributed by atoms with van der Waals surface area (Å²) in [5.41, 5.74) is 3.72. The number of ether oxygens (including phenoxy) is 1. The van der Waals surface area contributed by atoms with Crippen molar-refractivity contribution >= 4 is 6.29 Å². The topological polar surface area (TPSA) is 26.3 Å². The zero-order valence-corrected chi connectivity index (χ0v) is 12.3. The summed E-state index contributed by atoms with van der Waals surface area (Å²) in [6.07, 6.45) is 4.29. The van der Waals surface area contributed by atoms with Gasteiger partial charge < -0.3 is 4.74 Å². The number of allylic oxidation sites excluding steroid dienone is 1. The van der Waals surface area contributed by atoms with E-state index in [1.807, 2.05) is 49.4 Å². The molecule has 2 aromatic rings. The number of rotatable bonds is 7. The number of carbonyl (C=O) groups is 1. The van der Waals surface area contributed by atoms with E-state index in [0.717, 1.165) is 29.4 Å². The molecule has 0 saturated heterocycles. The highest BCUT2D eigenvalue weighted by Gasteiger charge is 2.12. The van der Waals surface area contributed by atoms with Crippen LogP contribution in [-0.2, 0) is 6.42 Å². The molecule has 0 aromatic heterocycles. The Morgan fingerprint density at radius 2 is 1.90 bits per heavy atom. The van der Waals surface area contributed by atoms with Gasteiger partial charge in [-0.1, -0.05) is 43.3 Å². The van der Waals surface area contributed by atoms with Crippen molar-refractivity contribution < 1.29 is 9.53 Å². The highest BCUT2D eigenvalue weighted by molar-refractivity contribution is 5.84. The zero-order chi connectivity index (χ0) is 15.1. The van der Waals surface area contributed by atoms with Gasteiger partial charge in [-0.3, -0.25) is 4.79 Å². The Morgan fingerprint density at radius 3 is 2.52 bits per heavy atom. The fraction of sp³-hybridized carbons (Fsp3) is 0.211. The lowest BCUT2D eigenvalue weighted by Gasteiger charge is -2.14. The van der Waals surface area contributed by atoms with E-state index in [9.17, 15) is 4.79 Å². The van der Waals surface area contributed by atoms with E-state index >= 15 is 0 Å². The van der Waals surface area contributed by atoms with Crippen LogP contribution in [0.4, 0.5) is 0 Å². The Hall–Kier alpha value is -2.35. The van der Waals surface area contributed by atoms with Crippen molar-refractivity contribution in [3.05, 3.63) is 66.2 Å². The van der Waals surface area contributed by atoms with Crippen LogP contribution >= 0.6 is 0 Å². The molecule has 2 aromatic carbocycles. The van der Waals surface area contributed by atoms with Crippen molar-refractivity contribution in [3.8, 4) is 16.9 Å². The van der Waals surface area contributed by atoms with Crippen molar-refractivity contribution in [1.82, 2.24) is 0 Å². The normalized spacial score (nSPS) is 10.1. The lowest BCUT2D eigenvalue weighted by molar-refractivity contribution is 0.111. The molecule has 2 heteroatoms. The van der Waals surface area contributed by atoms with Gasteiger partial charge in [-0.15, -0.1) is 6.58 Å². The Balaban J connectivity index is 2.52. The fourth-order valence-electron chi connectivity index (χ4n) is 2.29. The number of carbonyl (C=O) groups excluding carboxylic acids is 1. The van der Waals surface area contributed by atoms with Crippen molar-refractivity contribution in [2.75, 3.05) is 6.61 Å². The molecule has 2 rings (SSSR count). The van der Waals surface area contributed by atoms with E-state index in [4.69, 9.17) is 4.74 Å². The Labute approximate surface area is 126 Å². The van der Waals surface area contributed by atoms with E-state index in [2.05, 4.69) is 12.6 Å². The van der Waals surface area contributed by atoms with Gasteiger partial charge in [-0.05, 0) is 41.7 Å². The Bertz CT molecular complexity index is 615. The van der Waals surface area contributed by atoms with Crippen molar-refractivity contribution in [1.29, 1.82) is 0 Å². The van der Waals surface area contributed by atoms with Gasteiger partial charge in [-0.25, -0.2) is 0 Å². The second kappa shape index (κ2) is 7.44. The van der Waals surface area contributed by atoms with Gasteiger partial charge in [-0.2, -0.15) is 0 Å². The van der Waals surface area contributed by atoms with E-state index in [1.54, 1.807) is 0 Å². The van der Waals surface area contributed by atoms with Gasteiger partial charge in [0.2, 0.25) is 0 Å². The minimum atomic E-state index is 0.599. The molecule has 0 bridgehead atoms. The molecule has 0 spiro atoms. The van der Waals surface area contributed by atoms with E-state index in [-0.39, 0.29) is 0 Å². The molecule has 0 saturated carbocycles. The average Bonchev–Trinajstić information content (AvgIpc) is 2.54. The molecule has 0 aliphatic heterocycles. The molecule has 0 aliphatic carbocycles. The molecule has 0 atom stereocenters. The second-order valence-corrected chi connectivity index (χ2v) is 4.88. The molecule has 0 heterocycles. The molecule has 21 heavy (non-hydrogen) atoms. The summed E-state index contributed by atoms with van der Waals surface area (Å²) >= 11 is 0. The third-order valence-electron chi connectivity index (χ3n) is 3.24. The summed E-state index contributed by atoms with van der Waals surface area (Å²) in [5, 5.41) is 0. The molecule has 0 fully saturated rings. The molecule has 108 valence electrons. The molecule has 0 aliphatic rings. The predicted octanol–water partition coefficient (Wildman–Crippen LogP) is 4.68. The minimum absolute atomic E-state index is 0.599. The summed E-state index contributed by atoms with van der Waals surface area (Å²) in [6, 6.07) is 14.0. The van der Waals surface area contributed by atoms with E-state index < -0.39 is 0 Å². The number of hydrogen-bond donors (Lipinski definition) is 0. The number of hydrogen-bond acceptors (Lipinski definition) is 2. The maximum absolute atomic E-state index is 11.4.